The molecule has 212 valence electrons. The van der Waals surface area contributed by atoms with Gasteiger partial charge in [0.1, 0.15) is 6.04 Å². The zero-order chi connectivity index (χ0) is 29.0. The first-order chi connectivity index (χ1) is 18.0. The summed E-state index contributed by atoms with van der Waals surface area (Å²) in [6.45, 7) is -0.137. The van der Waals surface area contributed by atoms with Crippen LogP contribution >= 0.6 is 0 Å². The average molecular weight is 581 g/mol. The smallest absolute Gasteiger partial charge is 0.369 e. The standard InChI is InChI=1S/C23H22F6N4O5S/c1-30-39(37,38)16-8-9-17-12(10-16)11-33(20(35)32-15-6-7-15)18(17)19(34)31-14-4-2-13(3-5-14)21(36,22(24,25)26)23(27,28)29/h2-5,8-10,15,18,30,36H,6-7,11H2,1H3,(H,31,34)(H,32,35). The molecule has 1 fully saturated rings. The number of benzene rings is 2. The minimum atomic E-state index is -6.07. The van der Waals surface area contributed by atoms with Crippen LogP contribution in [0.5, 0.6) is 0 Å². The van der Waals surface area contributed by atoms with Crippen LogP contribution < -0.4 is 15.4 Å². The average Bonchev–Trinajstić information content (AvgIpc) is 3.58. The normalized spacial score (nSPS) is 18.1. The Morgan fingerprint density at radius 3 is 2.08 bits per heavy atom. The van der Waals surface area contributed by atoms with Crippen molar-refractivity contribution in [3.63, 3.8) is 0 Å². The predicted molar refractivity (Wildman–Crippen MR) is 124 cm³/mol. The van der Waals surface area contributed by atoms with Gasteiger partial charge in [-0.1, -0.05) is 18.2 Å². The zero-order valence-electron chi connectivity index (χ0n) is 20.0. The third-order valence-electron chi connectivity index (χ3n) is 6.45. The molecule has 0 spiro atoms. The predicted octanol–water partition coefficient (Wildman–Crippen LogP) is 3.27. The molecule has 9 nitrogen and oxygen atoms in total. The van der Waals surface area contributed by atoms with Gasteiger partial charge in [-0.05, 0) is 55.3 Å². The first-order valence-corrected chi connectivity index (χ1v) is 12.9. The molecule has 1 saturated carbocycles. The van der Waals surface area contributed by atoms with Crippen LogP contribution in [-0.4, -0.2) is 55.8 Å². The number of rotatable bonds is 6. The van der Waals surface area contributed by atoms with E-state index in [1.165, 1.54) is 25.2 Å². The zero-order valence-corrected chi connectivity index (χ0v) is 20.8. The first kappa shape index (κ1) is 28.6. The van der Waals surface area contributed by atoms with Crippen molar-refractivity contribution < 1.29 is 49.5 Å². The van der Waals surface area contributed by atoms with Crippen molar-refractivity contribution in [2.45, 2.75) is 54.3 Å². The third kappa shape index (κ3) is 5.27. The van der Waals surface area contributed by atoms with E-state index in [9.17, 15) is 49.5 Å². The van der Waals surface area contributed by atoms with E-state index in [2.05, 4.69) is 15.4 Å². The summed E-state index contributed by atoms with van der Waals surface area (Å²) >= 11 is 0. The number of nitrogens with zero attached hydrogens (tertiary/aromatic N) is 1. The van der Waals surface area contributed by atoms with Gasteiger partial charge in [0.25, 0.3) is 11.5 Å². The summed E-state index contributed by atoms with van der Waals surface area (Å²) in [7, 11) is -2.63. The summed E-state index contributed by atoms with van der Waals surface area (Å²) in [6.07, 6.45) is -10.7. The van der Waals surface area contributed by atoms with Crippen LogP contribution in [0, 0.1) is 0 Å². The number of anilines is 1. The van der Waals surface area contributed by atoms with E-state index in [1.54, 1.807) is 0 Å². The van der Waals surface area contributed by atoms with E-state index in [-0.39, 0.29) is 28.7 Å². The Labute approximate surface area is 218 Å². The molecule has 1 aliphatic heterocycles. The van der Waals surface area contributed by atoms with Gasteiger partial charge in [0, 0.05) is 23.8 Å². The fourth-order valence-corrected chi connectivity index (χ4v) is 4.94. The molecule has 0 bridgehead atoms. The lowest BCUT2D eigenvalue weighted by atomic mass is 9.92. The lowest BCUT2D eigenvalue weighted by Crippen LogP contribution is -2.53. The highest BCUT2D eigenvalue weighted by molar-refractivity contribution is 7.89. The number of carbonyl (C=O) groups excluding carboxylic acids is 2. The molecule has 1 aliphatic carbocycles. The van der Waals surface area contributed by atoms with Gasteiger partial charge in [-0.3, -0.25) is 4.79 Å². The molecule has 16 heteroatoms. The second-order valence-electron chi connectivity index (χ2n) is 9.09. The van der Waals surface area contributed by atoms with Crippen molar-refractivity contribution in [1.29, 1.82) is 0 Å². The van der Waals surface area contributed by atoms with Crippen molar-refractivity contribution in [2.24, 2.45) is 0 Å². The van der Waals surface area contributed by atoms with Gasteiger partial charge in [-0.15, -0.1) is 0 Å². The Bertz CT molecular complexity index is 1380. The van der Waals surface area contributed by atoms with Gasteiger partial charge < -0.3 is 20.6 Å². The number of carbonyl (C=O) groups is 2. The van der Waals surface area contributed by atoms with Gasteiger partial charge in [0.05, 0.1) is 4.90 Å². The van der Waals surface area contributed by atoms with Crippen molar-refractivity contribution >= 4 is 27.6 Å². The highest BCUT2D eigenvalue weighted by atomic mass is 32.2. The summed E-state index contributed by atoms with van der Waals surface area (Å²) in [6, 6.07) is 4.17. The number of fused-ring (bicyclic) bond motifs is 1. The van der Waals surface area contributed by atoms with Gasteiger partial charge in [-0.25, -0.2) is 17.9 Å². The van der Waals surface area contributed by atoms with Gasteiger partial charge in [-0.2, -0.15) is 26.3 Å². The van der Waals surface area contributed by atoms with Crippen LogP contribution in [0.15, 0.2) is 47.4 Å². The Morgan fingerprint density at radius 1 is 0.974 bits per heavy atom. The van der Waals surface area contributed by atoms with Crippen LogP contribution in [0.2, 0.25) is 0 Å². The Balaban J connectivity index is 1.63. The second kappa shape index (κ2) is 9.67. The highest BCUT2D eigenvalue weighted by Gasteiger charge is 2.71. The van der Waals surface area contributed by atoms with E-state index >= 15 is 0 Å². The Kier molecular flexibility index (Phi) is 7.10. The fourth-order valence-electron chi connectivity index (χ4n) is 4.16. The van der Waals surface area contributed by atoms with Crippen molar-refractivity contribution in [1.82, 2.24) is 14.9 Å². The van der Waals surface area contributed by atoms with Gasteiger partial charge in [0.2, 0.25) is 10.0 Å². The van der Waals surface area contributed by atoms with E-state index in [1.807, 2.05) is 0 Å². The number of amides is 3. The van der Waals surface area contributed by atoms with Crippen LogP contribution in [0.25, 0.3) is 0 Å². The van der Waals surface area contributed by atoms with Crippen LogP contribution in [0.4, 0.5) is 36.8 Å². The van der Waals surface area contributed by atoms with E-state index in [4.69, 9.17) is 0 Å². The maximum atomic E-state index is 13.3. The number of nitrogens with one attached hydrogen (secondary N) is 3. The Morgan fingerprint density at radius 2 is 1.56 bits per heavy atom. The molecule has 2 aromatic rings. The van der Waals surface area contributed by atoms with Crippen molar-refractivity contribution in [3.05, 3.63) is 59.2 Å². The first-order valence-electron chi connectivity index (χ1n) is 11.4. The van der Waals surface area contributed by atoms with Gasteiger partial charge in [0.15, 0.2) is 0 Å². The molecule has 1 heterocycles. The molecule has 3 amide bonds. The molecule has 4 rings (SSSR count). The SMILES string of the molecule is CNS(=O)(=O)c1ccc2c(c1)CN(C(=O)NC1CC1)C2C(=O)Nc1ccc(C(O)(C(F)(F)F)C(F)(F)F)cc1. The van der Waals surface area contributed by atoms with E-state index < -0.39 is 51.5 Å². The van der Waals surface area contributed by atoms with Gasteiger partial charge >= 0.3 is 18.4 Å². The maximum Gasteiger partial charge on any atom is 0.430 e. The lowest BCUT2D eigenvalue weighted by molar-refractivity contribution is -0.376. The second-order valence-corrected chi connectivity index (χ2v) is 11.0. The molecule has 2 aliphatic rings. The van der Waals surface area contributed by atoms with Crippen LogP contribution in [0.3, 0.4) is 0 Å². The summed E-state index contributed by atoms with van der Waals surface area (Å²) in [5, 5.41) is 14.6. The van der Waals surface area contributed by atoms with Crippen LogP contribution in [0.1, 0.15) is 35.6 Å². The minimum Gasteiger partial charge on any atom is -0.369 e. The van der Waals surface area contributed by atoms with E-state index in [0.717, 1.165) is 29.9 Å². The van der Waals surface area contributed by atoms with Crippen molar-refractivity contribution in [2.75, 3.05) is 12.4 Å². The quantitative estimate of drug-likeness (QED) is 0.390. The maximum absolute atomic E-state index is 13.3. The molecule has 1 unspecified atom stereocenters. The number of hydrogen-bond acceptors (Lipinski definition) is 5. The fraction of sp³-hybridized carbons (Fsp3) is 0.391. The van der Waals surface area contributed by atoms with Crippen LogP contribution in [-0.2, 0) is 27.0 Å². The number of aliphatic hydroxyl groups is 1. The Hall–Kier alpha value is -3.37. The molecular formula is C23H22F6N4O5S. The largest absolute Gasteiger partial charge is 0.430 e. The summed E-state index contributed by atoms with van der Waals surface area (Å²) in [5.74, 6) is -0.849. The molecule has 0 radical (unpaired) electrons. The monoisotopic (exact) mass is 580 g/mol. The molecular weight excluding hydrogens is 558 g/mol. The summed E-state index contributed by atoms with van der Waals surface area (Å²) < 4.78 is 106. The number of hydrogen-bond donors (Lipinski definition) is 4. The topological polar surface area (TPSA) is 128 Å². The summed E-state index contributed by atoms with van der Waals surface area (Å²) in [5.41, 5.74) is -6.20. The number of alkyl halides is 6. The summed E-state index contributed by atoms with van der Waals surface area (Å²) in [4.78, 5) is 27.2. The van der Waals surface area contributed by atoms with Crippen molar-refractivity contribution in [3.8, 4) is 0 Å². The number of urea groups is 1. The van der Waals surface area contributed by atoms with E-state index in [0.29, 0.717) is 17.7 Å². The molecule has 4 N–H and O–H groups in total. The molecule has 39 heavy (non-hydrogen) atoms. The third-order valence-corrected chi connectivity index (χ3v) is 7.86. The lowest BCUT2D eigenvalue weighted by Gasteiger charge is -2.32. The number of halogens is 6. The minimum absolute atomic E-state index is 0.0845. The number of sulfonamides is 1. The molecule has 0 aromatic heterocycles. The molecule has 0 saturated heterocycles. The molecule has 2 aromatic carbocycles. The highest BCUT2D eigenvalue weighted by Crippen LogP contribution is 2.50. The molecule has 1 atom stereocenters.